The standard InChI is InChI=1S/C17H14F3N5O2/c18-17(19,20)14-4-3-11(9-24-14)16(26)25-7-1-2-12(10-25)27-15-13(8-21)22-5-6-23-15/h3-6,9,12H,1-2,7,10H2. The highest BCUT2D eigenvalue weighted by atomic mass is 19.4. The van der Waals surface area contributed by atoms with Crippen molar-refractivity contribution in [3.63, 3.8) is 0 Å². The number of carbonyl (C=O) groups excluding carboxylic acids is 1. The molecule has 0 aliphatic carbocycles. The number of hydrogen-bond donors (Lipinski definition) is 0. The Balaban J connectivity index is 1.69. The molecule has 0 N–H and O–H groups in total. The molecule has 0 saturated carbocycles. The highest BCUT2D eigenvalue weighted by Gasteiger charge is 2.33. The Hall–Kier alpha value is -3.22. The highest BCUT2D eigenvalue weighted by molar-refractivity contribution is 5.94. The van der Waals surface area contributed by atoms with E-state index in [2.05, 4.69) is 15.0 Å². The van der Waals surface area contributed by atoms with Crippen molar-refractivity contribution >= 4 is 5.91 Å². The summed E-state index contributed by atoms with van der Waals surface area (Å²) in [5.74, 6) is -0.334. The zero-order valence-electron chi connectivity index (χ0n) is 14.0. The number of halogens is 3. The zero-order chi connectivity index (χ0) is 19.4. The van der Waals surface area contributed by atoms with Crippen LogP contribution < -0.4 is 4.74 Å². The van der Waals surface area contributed by atoms with Crippen LogP contribution in [0.3, 0.4) is 0 Å². The van der Waals surface area contributed by atoms with Crippen LogP contribution in [0.4, 0.5) is 13.2 Å². The van der Waals surface area contributed by atoms with Crippen molar-refractivity contribution in [1.29, 1.82) is 5.26 Å². The predicted octanol–water partition coefficient (Wildman–Crippen LogP) is 2.45. The molecule has 1 amide bonds. The molecule has 3 rings (SSSR count). The minimum absolute atomic E-state index is 0.0490. The van der Waals surface area contributed by atoms with E-state index in [0.717, 1.165) is 18.3 Å². The van der Waals surface area contributed by atoms with E-state index in [0.29, 0.717) is 19.4 Å². The van der Waals surface area contributed by atoms with Gasteiger partial charge < -0.3 is 9.64 Å². The third-order valence-corrected chi connectivity index (χ3v) is 4.02. The molecule has 7 nitrogen and oxygen atoms in total. The second kappa shape index (κ2) is 7.57. The third kappa shape index (κ3) is 4.31. The van der Waals surface area contributed by atoms with Crippen LogP contribution in [0, 0.1) is 11.3 Å². The molecule has 0 aromatic carbocycles. The van der Waals surface area contributed by atoms with Crippen molar-refractivity contribution in [3.05, 3.63) is 47.7 Å². The van der Waals surface area contributed by atoms with E-state index < -0.39 is 23.9 Å². The summed E-state index contributed by atoms with van der Waals surface area (Å²) >= 11 is 0. The first-order valence-corrected chi connectivity index (χ1v) is 8.09. The van der Waals surface area contributed by atoms with Crippen LogP contribution in [0.2, 0.25) is 0 Å². The molecule has 1 atom stereocenters. The van der Waals surface area contributed by atoms with Crippen molar-refractivity contribution in [2.45, 2.75) is 25.1 Å². The molecule has 1 fully saturated rings. The number of likely N-dealkylation sites (tertiary alicyclic amines) is 1. The largest absolute Gasteiger partial charge is 0.470 e. The number of nitriles is 1. The first-order chi connectivity index (χ1) is 12.9. The summed E-state index contributed by atoms with van der Waals surface area (Å²) in [5, 5.41) is 9.03. The van der Waals surface area contributed by atoms with E-state index in [1.54, 1.807) is 0 Å². The average molecular weight is 377 g/mol. The van der Waals surface area contributed by atoms with Gasteiger partial charge in [0.25, 0.3) is 11.8 Å². The van der Waals surface area contributed by atoms with Gasteiger partial charge in [0.1, 0.15) is 17.9 Å². The average Bonchev–Trinajstić information content (AvgIpc) is 2.67. The van der Waals surface area contributed by atoms with Crippen molar-refractivity contribution in [1.82, 2.24) is 19.9 Å². The Morgan fingerprint density at radius 2 is 2.04 bits per heavy atom. The van der Waals surface area contributed by atoms with Crippen LogP contribution in [-0.2, 0) is 6.18 Å². The zero-order valence-corrected chi connectivity index (χ0v) is 14.0. The normalized spacial score (nSPS) is 17.3. The van der Waals surface area contributed by atoms with Gasteiger partial charge in [-0.25, -0.2) is 9.97 Å². The number of alkyl halides is 3. The molecule has 0 radical (unpaired) electrons. The molecule has 1 unspecified atom stereocenters. The highest BCUT2D eigenvalue weighted by Crippen LogP contribution is 2.27. The van der Waals surface area contributed by atoms with Crippen LogP contribution >= 0.6 is 0 Å². The molecule has 2 aromatic heterocycles. The number of piperidine rings is 1. The fourth-order valence-corrected chi connectivity index (χ4v) is 2.74. The summed E-state index contributed by atoms with van der Waals surface area (Å²) in [6.07, 6.45) is 0.0415. The van der Waals surface area contributed by atoms with E-state index >= 15 is 0 Å². The summed E-state index contributed by atoms with van der Waals surface area (Å²) in [6.45, 7) is 0.673. The van der Waals surface area contributed by atoms with Crippen LogP contribution in [0.15, 0.2) is 30.7 Å². The fourth-order valence-electron chi connectivity index (χ4n) is 2.74. The van der Waals surface area contributed by atoms with Gasteiger partial charge in [-0.3, -0.25) is 9.78 Å². The molecule has 27 heavy (non-hydrogen) atoms. The molecule has 140 valence electrons. The lowest BCUT2D eigenvalue weighted by molar-refractivity contribution is -0.141. The van der Waals surface area contributed by atoms with Crippen LogP contribution in [0.25, 0.3) is 0 Å². The molecule has 3 heterocycles. The second-order valence-corrected chi connectivity index (χ2v) is 5.89. The minimum Gasteiger partial charge on any atom is -0.470 e. The van der Waals surface area contributed by atoms with Gasteiger partial charge in [0, 0.05) is 25.1 Å². The Kier molecular flexibility index (Phi) is 5.21. The molecule has 1 aliphatic rings. The van der Waals surface area contributed by atoms with Crippen LogP contribution in [0.1, 0.15) is 34.6 Å². The van der Waals surface area contributed by atoms with Gasteiger partial charge in [-0.05, 0) is 25.0 Å². The first kappa shape index (κ1) is 18.6. The summed E-state index contributed by atoms with van der Waals surface area (Å²) < 4.78 is 43.5. The minimum atomic E-state index is -4.55. The lowest BCUT2D eigenvalue weighted by Gasteiger charge is -2.32. The number of ether oxygens (including phenoxy) is 1. The van der Waals surface area contributed by atoms with Crippen molar-refractivity contribution in [3.8, 4) is 11.9 Å². The number of nitrogens with zero attached hydrogens (tertiary/aromatic N) is 5. The molecule has 2 aromatic rings. The van der Waals surface area contributed by atoms with Crippen molar-refractivity contribution < 1.29 is 22.7 Å². The number of hydrogen-bond acceptors (Lipinski definition) is 6. The Morgan fingerprint density at radius 3 is 2.70 bits per heavy atom. The van der Waals surface area contributed by atoms with E-state index in [1.807, 2.05) is 6.07 Å². The summed E-state index contributed by atoms with van der Waals surface area (Å²) in [7, 11) is 0. The number of amides is 1. The quantitative estimate of drug-likeness (QED) is 0.816. The van der Waals surface area contributed by atoms with Gasteiger partial charge in [-0.1, -0.05) is 0 Å². The van der Waals surface area contributed by atoms with Gasteiger partial charge in [0.2, 0.25) is 5.69 Å². The number of rotatable bonds is 3. The van der Waals surface area contributed by atoms with Gasteiger partial charge in [-0.2, -0.15) is 18.4 Å². The summed E-state index contributed by atoms with van der Waals surface area (Å²) in [6, 6.07) is 3.77. The smallest absolute Gasteiger partial charge is 0.433 e. The molecule has 0 bridgehead atoms. The molecule has 1 saturated heterocycles. The molecular weight excluding hydrogens is 363 g/mol. The van der Waals surface area contributed by atoms with E-state index in [4.69, 9.17) is 10.00 Å². The van der Waals surface area contributed by atoms with Crippen molar-refractivity contribution in [2.75, 3.05) is 13.1 Å². The maximum Gasteiger partial charge on any atom is 0.433 e. The van der Waals surface area contributed by atoms with E-state index in [1.165, 1.54) is 17.3 Å². The van der Waals surface area contributed by atoms with Gasteiger partial charge in [0.05, 0.1) is 12.1 Å². The number of carbonyl (C=O) groups is 1. The molecule has 10 heteroatoms. The summed E-state index contributed by atoms with van der Waals surface area (Å²) in [4.78, 5) is 25.2. The molecule has 1 aliphatic heterocycles. The maximum absolute atomic E-state index is 12.6. The Labute approximate surface area is 152 Å². The van der Waals surface area contributed by atoms with E-state index in [-0.39, 0.29) is 23.7 Å². The van der Waals surface area contributed by atoms with Crippen molar-refractivity contribution in [2.24, 2.45) is 0 Å². The second-order valence-electron chi connectivity index (χ2n) is 5.89. The Morgan fingerprint density at radius 1 is 1.26 bits per heavy atom. The SMILES string of the molecule is N#Cc1nccnc1OC1CCCN(C(=O)c2ccc(C(F)(F)F)nc2)C1. The summed E-state index contributed by atoms with van der Waals surface area (Å²) in [5.41, 5.74) is -0.931. The number of pyridine rings is 1. The predicted molar refractivity (Wildman–Crippen MR) is 85.5 cm³/mol. The van der Waals surface area contributed by atoms with Gasteiger partial charge >= 0.3 is 6.18 Å². The van der Waals surface area contributed by atoms with Gasteiger partial charge in [-0.15, -0.1) is 0 Å². The van der Waals surface area contributed by atoms with E-state index in [9.17, 15) is 18.0 Å². The molecule has 0 spiro atoms. The first-order valence-electron chi connectivity index (χ1n) is 8.09. The number of aromatic nitrogens is 3. The lowest BCUT2D eigenvalue weighted by Crippen LogP contribution is -2.44. The molecular formula is C17H14F3N5O2. The van der Waals surface area contributed by atoms with Gasteiger partial charge in [0.15, 0.2) is 0 Å². The topological polar surface area (TPSA) is 92.0 Å². The van der Waals surface area contributed by atoms with Crippen LogP contribution in [-0.4, -0.2) is 45.0 Å². The Bertz CT molecular complexity index is 864. The lowest BCUT2D eigenvalue weighted by atomic mass is 10.1. The van der Waals surface area contributed by atoms with Crippen LogP contribution in [0.5, 0.6) is 5.88 Å². The monoisotopic (exact) mass is 377 g/mol. The maximum atomic E-state index is 12.6. The fraction of sp³-hybridized carbons (Fsp3) is 0.353. The third-order valence-electron chi connectivity index (χ3n) is 4.02.